The van der Waals surface area contributed by atoms with Crippen LogP contribution in [0.2, 0.25) is 0 Å². The Bertz CT molecular complexity index is 961. The summed E-state index contributed by atoms with van der Waals surface area (Å²) in [4.78, 5) is 12.7. The molecular formula is C20H26N4O5S. The van der Waals surface area contributed by atoms with Crippen molar-refractivity contribution in [3.05, 3.63) is 42.2 Å². The van der Waals surface area contributed by atoms with Gasteiger partial charge in [0.05, 0.1) is 30.0 Å². The van der Waals surface area contributed by atoms with E-state index in [1.165, 1.54) is 28.6 Å². The number of aromatic nitrogens is 2. The lowest BCUT2D eigenvalue weighted by Gasteiger charge is -2.26. The number of anilines is 1. The van der Waals surface area contributed by atoms with Crippen LogP contribution in [0.25, 0.3) is 0 Å². The largest absolute Gasteiger partial charge is 0.381 e. The number of nitrogens with one attached hydrogen (secondary N) is 1. The predicted octanol–water partition coefficient (Wildman–Crippen LogP) is 1.58. The predicted molar refractivity (Wildman–Crippen MR) is 110 cm³/mol. The van der Waals surface area contributed by atoms with E-state index >= 15 is 0 Å². The fourth-order valence-corrected chi connectivity index (χ4v) is 5.05. The lowest BCUT2D eigenvalue weighted by Crippen LogP contribution is -2.40. The Morgan fingerprint density at radius 3 is 2.43 bits per heavy atom. The normalized spacial score (nSPS) is 18.9. The van der Waals surface area contributed by atoms with E-state index in [1.807, 2.05) is 10.9 Å². The average Bonchev–Trinajstić information content (AvgIpc) is 3.21. The van der Waals surface area contributed by atoms with Crippen molar-refractivity contribution in [3.63, 3.8) is 0 Å². The first-order chi connectivity index (χ1) is 14.5. The van der Waals surface area contributed by atoms with Crippen LogP contribution in [0.5, 0.6) is 0 Å². The Balaban J connectivity index is 1.37. The maximum atomic E-state index is 12.7. The summed E-state index contributed by atoms with van der Waals surface area (Å²) in [5, 5.41) is 7.14. The lowest BCUT2D eigenvalue weighted by atomic mass is 10.0. The number of morpholine rings is 1. The quantitative estimate of drug-likeness (QED) is 0.741. The number of amides is 1. The molecule has 2 aliphatic heterocycles. The van der Waals surface area contributed by atoms with E-state index in [9.17, 15) is 13.2 Å². The first kappa shape index (κ1) is 21.0. The highest BCUT2D eigenvalue weighted by Crippen LogP contribution is 2.20. The van der Waals surface area contributed by atoms with Gasteiger partial charge in [-0.2, -0.15) is 9.40 Å². The second kappa shape index (κ2) is 9.25. The molecule has 0 spiro atoms. The summed E-state index contributed by atoms with van der Waals surface area (Å²) in [6, 6.07) is 5.98. The molecule has 2 fully saturated rings. The third-order valence-electron chi connectivity index (χ3n) is 5.40. The van der Waals surface area contributed by atoms with Crippen molar-refractivity contribution in [2.45, 2.75) is 24.3 Å². The number of rotatable bonds is 6. The van der Waals surface area contributed by atoms with Gasteiger partial charge in [0.1, 0.15) is 0 Å². The molecule has 4 rings (SSSR count). The molecule has 0 radical (unpaired) electrons. The SMILES string of the molecule is O=C(Nc1cnn(CC2CCOCC2)c1)c1ccc(S(=O)(=O)N2CCOCC2)cc1. The second-order valence-corrected chi connectivity index (χ2v) is 9.44. The van der Waals surface area contributed by atoms with Gasteiger partial charge in [0, 0.05) is 44.6 Å². The van der Waals surface area contributed by atoms with Gasteiger partial charge in [0.2, 0.25) is 10.0 Å². The van der Waals surface area contributed by atoms with Crippen molar-refractivity contribution in [1.29, 1.82) is 0 Å². The Morgan fingerprint density at radius 2 is 1.73 bits per heavy atom. The minimum atomic E-state index is -3.57. The summed E-state index contributed by atoms with van der Waals surface area (Å²) in [5.74, 6) is 0.221. The van der Waals surface area contributed by atoms with Crippen molar-refractivity contribution in [1.82, 2.24) is 14.1 Å². The minimum Gasteiger partial charge on any atom is -0.381 e. The highest BCUT2D eigenvalue weighted by molar-refractivity contribution is 7.89. The van der Waals surface area contributed by atoms with E-state index < -0.39 is 10.0 Å². The zero-order valence-electron chi connectivity index (χ0n) is 16.7. The summed E-state index contributed by atoms with van der Waals surface area (Å²) in [7, 11) is -3.57. The van der Waals surface area contributed by atoms with Crippen LogP contribution in [-0.2, 0) is 26.0 Å². The zero-order chi connectivity index (χ0) is 21.0. The molecule has 0 atom stereocenters. The van der Waals surface area contributed by atoms with Gasteiger partial charge >= 0.3 is 0 Å². The smallest absolute Gasteiger partial charge is 0.255 e. The molecule has 30 heavy (non-hydrogen) atoms. The monoisotopic (exact) mass is 434 g/mol. The number of sulfonamides is 1. The minimum absolute atomic E-state index is 0.172. The average molecular weight is 435 g/mol. The van der Waals surface area contributed by atoms with E-state index in [2.05, 4.69) is 10.4 Å². The van der Waals surface area contributed by atoms with Crippen LogP contribution in [-0.4, -0.2) is 67.9 Å². The number of nitrogens with zero attached hydrogens (tertiary/aromatic N) is 3. The molecule has 1 aromatic heterocycles. The Labute approximate surface area is 176 Å². The van der Waals surface area contributed by atoms with Crippen molar-refractivity contribution >= 4 is 21.6 Å². The Kier molecular flexibility index (Phi) is 6.47. The molecule has 3 heterocycles. The van der Waals surface area contributed by atoms with Gasteiger partial charge < -0.3 is 14.8 Å². The maximum Gasteiger partial charge on any atom is 0.255 e. The highest BCUT2D eigenvalue weighted by Gasteiger charge is 2.26. The molecular weight excluding hydrogens is 408 g/mol. The summed E-state index contributed by atoms with van der Waals surface area (Å²) in [5.41, 5.74) is 0.991. The molecule has 10 heteroatoms. The number of carbonyl (C=O) groups is 1. The van der Waals surface area contributed by atoms with Crippen molar-refractivity contribution in [2.24, 2.45) is 5.92 Å². The topological polar surface area (TPSA) is 103 Å². The van der Waals surface area contributed by atoms with Crippen LogP contribution in [0.3, 0.4) is 0 Å². The van der Waals surface area contributed by atoms with Crippen LogP contribution < -0.4 is 5.32 Å². The number of ether oxygens (including phenoxy) is 2. The van der Waals surface area contributed by atoms with Crippen LogP contribution in [0.1, 0.15) is 23.2 Å². The van der Waals surface area contributed by atoms with Gasteiger partial charge in [-0.3, -0.25) is 9.48 Å². The Morgan fingerprint density at radius 1 is 1.07 bits per heavy atom. The number of hydrogen-bond donors (Lipinski definition) is 1. The molecule has 0 bridgehead atoms. The van der Waals surface area contributed by atoms with Crippen molar-refractivity contribution < 1.29 is 22.7 Å². The maximum absolute atomic E-state index is 12.7. The third-order valence-corrected chi connectivity index (χ3v) is 7.31. The molecule has 1 aromatic carbocycles. The van der Waals surface area contributed by atoms with Gasteiger partial charge in [0.25, 0.3) is 5.91 Å². The lowest BCUT2D eigenvalue weighted by molar-refractivity contribution is 0.0601. The first-order valence-corrected chi connectivity index (χ1v) is 11.6. The van der Waals surface area contributed by atoms with Crippen molar-refractivity contribution in [3.8, 4) is 0 Å². The molecule has 9 nitrogen and oxygen atoms in total. The molecule has 1 N–H and O–H groups in total. The number of hydrogen-bond acceptors (Lipinski definition) is 6. The molecule has 0 saturated carbocycles. The fraction of sp³-hybridized carbons (Fsp3) is 0.500. The standard InChI is InChI=1S/C20H26N4O5S/c25-20(22-18-13-21-23(15-18)14-16-5-9-28-10-6-16)17-1-3-19(4-2-17)30(26,27)24-7-11-29-12-8-24/h1-4,13,15-16H,5-12,14H2,(H,22,25). The fourth-order valence-electron chi connectivity index (χ4n) is 3.64. The van der Waals surface area contributed by atoms with Gasteiger partial charge in [-0.25, -0.2) is 8.42 Å². The first-order valence-electron chi connectivity index (χ1n) is 10.1. The second-order valence-electron chi connectivity index (χ2n) is 7.50. The van der Waals surface area contributed by atoms with Gasteiger partial charge in [0.15, 0.2) is 0 Å². The van der Waals surface area contributed by atoms with Crippen LogP contribution in [0, 0.1) is 5.92 Å². The van der Waals surface area contributed by atoms with E-state index in [-0.39, 0.29) is 10.8 Å². The van der Waals surface area contributed by atoms with E-state index in [1.54, 1.807) is 6.20 Å². The number of benzene rings is 1. The molecule has 2 saturated heterocycles. The van der Waals surface area contributed by atoms with Crippen LogP contribution >= 0.6 is 0 Å². The number of carbonyl (C=O) groups excluding carboxylic acids is 1. The van der Waals surface area contributed by atoms with Crippen LogP contribution in [0.15, 0.2) is 41.6 Å². The van der Waals surface area contributed by atoms with Gasteiger partial charge in [-0.05, 0) is 43.0 Å². The molecule has 1 amide bonds. The van der Waals surface area contributed by atoms with E-state index in [0.29, 0.717) is 43.5 Å². The van der Waals surface area contributed by atoms with Gasteiger partial charge in [-0.1, -0.05) is 0 Å². The summed E-state index contributed by atoms with van der Waals surface area (Å²) in [6.45, 7) is 3.82. The van der Waals surface area contributed by atoms with E-state index in [0.717, 1.165) is 32.6 Å². The summed E-state index contributed by atoms with van der Waals surface area (Å²) in [6.07, 6.45) is 5.46. The molecule has 0 aliphatic carbocycles. The third kappa shape index (κ3) is 4.89. The molecule has 2 aromatic rings. The van der Waals surface area contributed by atoms with Gasteiger partial charge in [-0.15, -0.1) is 0 Å². The highest BCUT2D eigenvalue weighted by atomic mass is 32.2. The summed E-state index contributed by atoms with van der Waals surface area (Å²) < 4.78 is 39.2. The zero-order valence-corrected chi connectivity index (χ0v) is 17.5. The Hall–Kier alpha value is -2.27. The molecule has 2 aliphatic rings. The van der Waals surface area contributed by atoms with E-state index in [4.69, 9.17) is 9.47 Å². The van der Waals surface area contributed by atoms with Crippen molar-refractivity contribution in [2.75, 3.05) is 44.8 Å². The summed E-state index contributed by atoms with van der Waals surface area (Å²) >= 11 is 0. The molecule has 0 unspecified atom stereocenters. The van der Waals surface area contributed by atoms with Crippen LogP contribution in [0.4, 0.5) is 5.69 Å². The molecule has 162 valence electrons.